The van der Waals surface area contributed by atoms with E-state index in [9.17, 15) is 8.78 Å². The Balaban J connectivity index is 2.43. The predicted molar refractivity (Wildman–Crippen MR) is 75.0 cm³/mol. The Morgan fingerprint density at radius 3 is 2.15 bits per heavy atom. The van der Waals surface area contributed by atoms with E-state index in [2.05, 4.69) is 5.32 Å². The summed E-state index contributed by atoms with van der Waals surface area (Å²) in [5.41, 5.74) is 2.36. The van der Waals surface area contributed by atoms with Crippen LogP contribution < -0.4 is 10.1 Å². The van der Waals surface area contributed by atoms with Crippen LogP contribution in [-0.2, 0) is 0 Å². The molecule has 2 aromatic carbocycles. The molecule has 20 heavy (non-hydrogen) atoms. The van der Waals surface area contributed by atoms with Gasteiger partial charge in [-0.25, -0.2) is 8.78 Å². The Bertz CT molecular complexity index is 613. The molecule has 0 aliphatic carbocycles. The Labute approximate surface area is 117 Å². The molecule has 0 heterocycles. The molecule has 0 amide bonds. The Morgan fingerprint density at radius 1 is 1.00 bits per heavy atom. The summed E-state index contributed by atoms with van der Waals surface area (Å²) in [7, 11) is 3.23. The van der Waals surface area contributed by atoms with Gasteiger partial charge in [-0.3, -0.25) is 0 Å². The van der Waals surface area contributed by atoms with Gasteiger partial charge < -0.3 is 10.1 Å². The first kappa shape index (κ1) is 14.5. The monoisotopic (exact) mass is 277 g/mol. The SMILES string of the molecule is CNC(c1ccc(F)c(C)c1)c1ccc(F)c(OC)c1. The first-order chi connectivity index (χ1) is 9.56. The van der Waals surface area contributed by atoms with Crippen molar-refractivity contribution < 1.29 is 13.5 Å². The largest absolute Gasteiger partial charge is 0.494 e. The molecule has 2 nitrogen and oxygen atoms in total. The van der Waals surface area contributed by atoms with E-state index in [0.29, 0.717) is 5.56 Å². The van der Waals surface area contributed by atoms with Crippen LogP contribution >= 0.6 is 0 Å². The lowest BCUT2D eigenvalue weighted by atomic mass is 9.97. The second-order valence-electron chi connectivity index (χ2n) is 4.62. The molecule has 0 aliphatic heterocycles. The van der Waals surface area contributed by atoms with Crippen LogP contribution in [0.1, 0.15) is 22.7 Å². The quantitative estimate of drug-likeness (QED) is 0.922. The molecule has 0 saturated carbocycles. The minimum Gasteiger partial charge on any atom is -0.494 e. The fraction of sp³-hybridized carbons (Fsp3) is 0.250. The number of benzene rings is 2. The van der Waals surface area contributed by atoms with Crippen molar-refractivity contribution in [2.75, 3.05) is 14.2 Å². The van der Waals surface area contributed by atoms with E-state index in [0.717, 1.165) is 11.1 Å². The first-order valence-corrected chi connectivity index (χ1v) is 6.33. The van der Waals surface area contributed by atoms with Crippen LogP contribution in [0.2, 0.25) is 0 Å². The molecule has 0 spiro atoms. The number of rotatable bonds is 4. The van der Waals surface area contributed by atoms with Crippen LogP contribution in [0.5, 0.6) is 5.75 Å². The van der Waals surface area contributed by atoms with Crippen molar-refractivity contribution in [2.45, 2.75) is 13.0 Å². The van der Waals surface area contributed by atoms with Crippen LogP contribution in [0.4, 0.5) is 8.78 Å². The maximum atomic E-state index is 13.5. The summed E-state index contributed by atoms with van der Waals surface area (Å²) >= 11 is 0. The zero-order valence-electron chi connectivity index (χ0n) is 11.7. The van der Waals surface area contributed by atoms with E-state index >= 15 is 0 Å². The fourth-order valence-corrected chi connectivity index (χ4v) is 2.23. The minimum absolute atomic E-state index is 0.149. The maximum Gasteiger partial charge on any atom is 0.165 e. The molecule has 0 bridgehead atoms. The Morgan fingerprint density at radius 2 is 1.60 bits per heavy atom. The fourth-order valence-electron chi connectivity index (χ4n) is 2.23. The molecule has 1 unspecified atom stereocenters. The molecule has 2 aromatic rings. The molecule has 4 heteroatoms. The number of methoxy groups -OCH3 is 1. The third-order valence-corrected chi connectivity index (χ3v) is 3.31. The van der Waals surface area contributed by atoms with Crippen LogP contribution in [-0.4, -0.2) is 14.2 Å². The molecule has 106 valence electrons. The Kier molecular flexibility index (Phi) is 4.35. The molecule has 1 N–H and O–H groups in total. The van der Waals surface area contributed by atoms with Gasteiger partial charge in [-0.2, -0.15) is 0 Å². The van der Waals surface area contributed by atoms with Crippen molar-refractivity contribution in [3.05, 3.63) is 64.7 Å². The molecular formula is C16H17F2NO. The molecule has 0 saturated heterocycles. The van der Waals surface area contributed by atoms with E-state index in [1.807, 2.05) is 0 Å². The van der Waals surface area contributed by atoms with Gasteiger partial charge in [0, 0.05) is 0 Å². The van der Waals surface area contributed by atoms with Crippen molar-refractivity contribution in [3.63, 3.8) is 0 Å². The molecule has 0 aromatic heterocycles. The van der Waals surface area contributed by atoms with Crippen LogP contribution in [0, 0.1) is 18.6 Å². The summed E-state index contributed by atoms with van der Waals surface area (Å²) in [6, 6.07) is 9.51. The summed E-state index contributed by atoms with van der Waals surface area (Å²) in [6.07, 6.45) is 0. The number of hydrogen-bond acceptors (Lipinski definition) is 2. The zero-order valence-corrected chi connectivity index (χ0v) is 11.7. The minimum atomic E-state index is -0.401. The van der Waals surface area contributed by atoms with E-state index in [-0.39, 0.29) is 17.6 Å². The number of ether oxygens (including phenoxy) is 1. The highest BCUT2D eigenvalue weighted by molar-refractivity contribution is 5.38. The third-order valence-electron chi connectivity index (χ3n) is 3.31. The van der Waals surface area contributed by atoms with E-state index in [1.165, 1.54) is 19.2 Å². The summed E-state index contributed by atoms with van der Waals surface area (Å²) in [4.78, 5) is 0. The van der Waals surface area contributed by atoms with Gasteiger partial charge in [0.1, 0.15) is 5.82 Å². The zero-order chi connectivity index (χ0) is 14.7. The highest BCUT2D eigenvalue weighted by atomic mass is 19.1. The van der Waals surface area contributed by atoms with Crippen molar-refractivity contribution in [3.8, 4) is 5.75 Å². The predicted octanol–water partition coefficient (Wildman–Crippen LogP) is 3.59. The van der Waals surface area contributed by atoms with Crippen LogP contribution in [0.15, 0.2) is 36.4 Å². The molecule has 0 fully saturated rings. The van der Waals surface area contributed by atoms with Gasteiger partial charge >= 0.3 is 0 Å². The lowest BCUT2D eigenvalue weighted by molar-refractivity contribution is 0.385. The first-order valence-electron chi connectivity index (χ1n) is 6.33. The van der Waals surface area contributed by atoms with Crippen molar-refractivity contribution in [1.82, 2.24) is 5.32 Å². The average molecular weight is 277 g/mol. The summed E-state index contributed by atoms with van der Waals surface area (Å²) in [6.45, 7) is 1.72. The molecular weight excluding hydrogens is 260 g/mol. The highest BCUT2D eigenvalue weighted by Crippen LogP contribution is 2.27. The average Bonchev–Trinajstić information content (AvgIpc) is 2.45. The van der Waals surface area contributed by atoms with Crippen molar-refractivity contribution in [1.29, 1.82) is 0 Å². The molecule has 0 aliphatic rings. The summed E-state index contributed by atoms with van der Waals surface area (Å²) in [5, 5.41) is 3.15. The van der Waals surface area contributed by atoms with Gasteiger partial charge in [0.2, 0.25) is 0 Å². The van der Waals surface area contributed by atoms with Gasteiger partial charge in [-0.1, -0.05) is 18.2 Å². The number of halogens is 2. The Hall–Kier alpha value is -1.94. The summed E-state index contributed by atoms with van der Waals surface area (Å²) in [5.74, 6) is -0.441. The topological polar surface area (TPSA) is 21.3 Å². The summed E-state index contributed by atoms with van der Waals surface area (Å²) < 4.78 is 31.8. The second-order valence-corrected chi connectivity index (χ2v) is 4.62. The second kappa shape index (κ2) is 6.01. The van der Waals surface area contributed by atoms with Crippen LogP contribution in [0.3, 0.4) is 0 Å². The molecule has 0 radical (unpaired) electrons. The normalized spacial score (nSPS) is 12.2. The lowest BCUT2D eigenvalue weighted by Gasteiger charge is -2.19. The lowest BCUT2D eigenvalue weighted by Crippen LogP contribution is -2.18. The van der Waals surface area contributed by atoms with E-state index in [4.69, 9.17) is 4.74 Å². The van der Waals surface area contributed by atoms with Crippen LogP contribution in [0.25, 0.3) is 0 Å². The van der Waals surface area contributed by atoms with E-state index < -0.39 is 5.82 Å². The van der Waals surface area contributed by atoms with Gasteiger partial charge in [0.05, 0.1) is 13.2 Å². The van der Waals surface area contributed by atoms with Gasteiger partial charge in [0.25, 0.3) is 0 Å². The van der Waals surface area contributed by atoms with Gasteiger partial charge in [0.15, 0.2) is 11.6 Å². The number of aryl methyl sites for hydroxylation is 1. The van der Waals surface area contributed by atoms with E-state index in [1.54, 1.807) is 38.2 Å². The maximum absolute atomic E-state index is 13.5. The van der Waals surface area contributed by atoms with Gasteiger partial charge in [-0.05, 0) is 48.9 Å². The smallest absolute Gasteiger partial charge is 0.165 e. The molecule has 2 rings (SSSR count). The third kappa shape index (κ3) is 2.80. The standard InChI is InChI=1S/C16H17F2NO/c1-10-8-11(4-6-13(10)17)16(19-2)12-5-7-14(18)15(9-12)20-3/h4-9,16,19H,1-3H3. The number of hydrogen-bond donors (Lipinski definition) is 1. The number of nitrogens with one attached hydrogen (secondary N) is 1. The highest BCUT2D eigenvalue weighted by Gasteiger charge is 2.15. The molecule has 1 atom stereocenters. The van der Waals surface area contributed by atoms with Crippen molar-refractivity contribution in [2.24, 2.45) is 0 Å². The van der Waals surface area contributed by atoms with Crippen molar-refractivity contribution >= 4 is 0 Å². The van der Waals surface area contributed by atoms with Gasteiger partial charge in [-0.15, -0.1) is 0 Å².